The van der Waals surface area contributed by atoms with Gasteiger partial charge in [-0.15, -0.1) is 0 Å². The fourth-order valence-electron chi connectivity index (χ4n) is 1.95. The normalized spacial score (nSPS) is 10.6. The minimum Gasteiger partial charge on any atom is -0.494 e. The van der Waals surface area contributed by atoms with E-state index in [1.165, 1.54) is 6.08 Å². The smallest absolute Gasteiger partial charge is 0.248 e. The van der Waals surface area contributed by atoms with Crippen LogP contribution in [0.3, 0.4) is 0 Å². The van der Waals surface area contributed by atoms with Crippen LogP contribution in [-0.2, 0) is 11.4 Å². The fraction of sp³-hybridized carbons (Fsp3) is 0.167. The van der Waals surface area contributed by atoms with Crippen LogP contribution in [0.1, 0.15) is 18.1 Å². The molecule has 2 rings (SSSR count). The third-order valence-electron chi connectivity index (χ3n) is 3.00. The molecule has 4 nitrogen and oxygen atoms in total. The zero-order valence-corrected chi connectivity index (χ0v) is 12.5. The number of carbonyl (C=O) groups is 1. The Morgan fingerprint density at radius 2 is 2.00 bits per heavy atom. The zero-order valence-electron chi connectivity index (χ0n) is 12.5. The van der Waals surface area contributed by atoms with E-state index in [0.29, 0.717) is 12.3 Å². The number of hydrogen-bond acceptors (Lipinski definition) is 3. The van der Waals surface area contributed by atoms with E-state index < -0.39 is 0 Å². The van der Waals surface area contributed by atoms with E-state index in [1.54, 1.807) is 30.3 Å². The highest BCUT2D eigenvalue weighted by atomic mass is 16.5. The first kappa shape index (κ1) is 15.8. The molecular formula is C18H19NO3. The molecule has 0 aromatic heterocycles. The summed E-state index contributed by atoms with van der Waals surface area (Å²) in [7, 11) is 0. The predicted octanol–water partition coefficient (Wildman–Crippen LogP) is 3.23. The molecule has 114 valence electrons. The number of aliphatic hydroxyl groups excluding tert-OH is 1. The first-order valence-corrected chi connectivity index (χ1v) is 7.13. The van der Waals surface area contributed by atoms with E-state index in [4.69, 9.17) is 9.84 Å². The van der Waals surface area contributed by atoms with Crippen LogP contribution in [0.5, 0.6) is 5.75 Å². The first-order valence-electron chi connectivity index (χ1n) is 7.13. The van der Waals surface area contributed by atoms with Gasteiger partial charge in [0.2, 0.25) is 5.91 Å². The van der Waals surface area contributed by atoms with Gasteiger partial charge in [0.15, 0.2) is 0 Å². The molecule has 2 aromatic carbocycles. The summed E-state index contributed by atoms with van der Waals surface area (Å²) >= 11 is 0. The number of anilines is 1. The van der Waals surface area contributed by atoms with Crippen molar-refractivity contribution < 1.29 is 14.6 Å². The minimum atomic E-state index is -0.219. The number of nitrogens with one attached hydrogen (secondary N) is 1. The number of hydrogen-bond donors (Lipinski definition) is 2. The second kappa shape index (κ2) is 8.00. The molecule has 0 atom stereocenters. The summed E-state index contributed by atoms with van der Waals surface area (Å²) in [4.78, 5) is 11.9. The topological polar surface area (TPSA) is 58.6 Å². The summed E-state index contributed by atoms with van der Waals surface area (Å²) < 4.78 is 5.36. The molecule has 0 aliphatic heterocycles. The Balaban J connectivity index is 1.95. The van der Waals surface area contributed by atoms with Crippen molar-refractivity contribution in [1.29, 1.82) is 0 Å². The average Bonchev–Trinajstić information content (AvgIpc) is 2.55. The number of aliphatic hydroxyl groups is 1. The predicted molar refractivity (Wildman–Crippen MR) is 87.6 cm³/mol. The summed E-state index contributed by atoms with van der Waals surface area (Å²) in [6.07, 6.45) is 3.21. The molecule has 0 radical (unpaired) electrons. The van der Waals surface area contributed by atoms with Crippen molar-refractivity contribution in [2.75, 3.05) is 11.9 Å². The van der Waals surface area contributed by atoms with Crippen molar-refractivity contribution >= 4 is 17.7 Å². The Morgan fingerprint density at radius 1 is 1.23 bits per heavy atom. The molecule has 0 bridgehead atoms. The van der Waals surface area contributed by atoms with Gasteiger partial charge in [-0.2, -0.15) is 0 Å². The van der Waals surface area contributed by atoms with E-state index in [0.717, 1.165) is 16.9 Å². The molecule has 0 unspecified atom stereocenters. The standard InChI is InChI=1S/C18H19NO3/c1-2-22-17-9-6-14(7-10-17)8-11-18(21)19-16-5-3-4-15(12-16)13-20/h3-12,20H,2,13H2,1H3,(H,19,21)/b11-8+. The molecule has 0 aliphatic rings. The molecule has 0 aliphatic carbocycles. The van der Waals surface area contributed by atoms with Gasteiger partial charge in [0.25, 0.3) is 0 Å². The largest absolute Gasteiger partial charge is 0.494 e. The third kappa shape index (κ3) is 4.75. The lowest BCUT2D eigenvalue weighted by molar-refractivity contribution is -0.111. The highest BCUT2D eigenvalue weighted by molar-refractivity contribution is 6.01. The molecule has 2 N–H and O–H groups in total. The molecule has 2 aromatic rings. The Kier molecular flexibility index (Phi) is 5.74. The van der Waals surface area contributed by atoms with Crippen LogP contribution in [0.15, 0.2) is 54.6 Å². The van der Waals surface area contributed by atoms with Crippen molar-refractivity contribution in [3.05, 3.63) is 65.7 Å². The van der Waals surface area contributed by atoms with Gasteiger partial charge in [0.1, 0.15) is 5.75 Å². The molecule has 0 heterocycles. The second-order valence-electron chi connectivity index (χ2n) is 4.68. The summed E-state index contributed by atoms with van der Waals surface area (Å²) in [5.74, 6) is 0.592. The molecule has 0 saturated heterocycles. The van der Waals surface area contributed by atoms with Crippen molar-refractivity contribution in [3.63, 3.8) is 0 Å². The van der Waals surface area contributed by atoms with Crippen LogP contribution in [0.4, 0.5) is 5.69 Å². The monoisotopic (exact) mass is 297 g/mol. The van der Waals surface area contributed by atoms with Gasteiger partial charge in [0, 0.05) is 11.8 Å². The molecule has 0 fully saturated rings. The Morgan fingerprint density at radius 3 is 2.68 bits per heavy atom. The van der Waals surface area contributed by atoms with E-state index in [9.17, 15) is 4.79 Å². The molecular weight excluding hydrogens is 278 g/mol. The minimum absolute atomic E-state index is 0.0499. The first-order chi connectivity index (χ1) is 10.7. The van der Waals surface area contributed by atoms with Crippen molar-refractivity contribution in [1.82, 2.24) is 0 Å². The Labute approximate surface area is 130 Å². The summed E-state index contributed by atoms with van der Waals surface area (Å²) in [5.41, 5.74) is 2.34. The van der Waals surface area contributed by atoms with Crippen LogP contribution >= 0.6 is 0 Å². The molecule has 22 heavy (non-hydrogen) atoms. The van der Waals surface area contributed by atoms with E-state index >= 15 is 0 Å². The number of benzene rings is 2. The Bertz CT molecular complexity index is 648. The molecule has 1 amide bonds. The van der Waals surface area contributed by atoms with Gasteiger partial charge < -0.3 is 15.2 Å². The second-order valence-corrected chi connectivity index (χ2v) is 4.68. The maximum absolute atomic E-state index is 11.9. The summed E-state index contributed by atoms with van der Waals surface area (Å²) in [6.45, 7) is 2.51. The summed E-state index contributed by atoms with van der Waals surface area (Å²) in [6, 6.07) is 14.6. The Hall–Kier alpha value is -2.59. The van der Waals surface area contributed by atoms with Crippen molar-refractivity contribution in [3.8, 4) is 5.75 Å². The lowest BCUT2D eigenvalue weighted by Crippen LogP contribution is -2.07. The van der Waals surface area contributed by atoms with Crippen molar-refractivity contribution in [2.45, 2.75) is 13.5 Å². The highest BCUT2D eigenvalue weighted by Gasteiger charge is 1.99. The van der Waals surface area contributed by atoms with E-state index in [2.05, 4.69) is 5.32 Å². The zero-order chi connectivity index (χ0) is 15.8. The highest BCUT2D eigenvalue weighted by Crippen LogP contribution is 2.14. The third-order valence-corrected chi connectivity index (χ3v) is 3.00. The van der Waals surface area contributed by atoms with Crippen LogP contribution in [0, 0.1) is 0 Å². The van der Waals surface area contributed by atoms with Gasteiger partial charge >= 0.3 is 0 Å². The van der Waals surface area contributed by atoms with Gasteiger partial charge in [-0.25, -0.2) is 0 Å². The lowest BCUT2D eigenvalue weighted by Gasteiger charge is -2.04. The van der Waals surface area contributed by atoms with Gasteiger partial charge in [-0.1, -0.05) is 24.3 Å². The average molecular weight is 297 g/mol. The van der Waals surface area contributed by atoms with Gasteiger partial charge in [-0.05, 0) is 48.4 Å². The maximum Gasteiger partial charge on any atom is 0.248 e. The maximum atomic E-state index is 11.9. The van der Waals surface area contributed by atoms with Gasteiger partial charge in [-0.3, -0.25) is 4.79 Å². The summed E-state index contributed by atoms with van der Waals surface area (Å²) in [5, 5.41) is 11.8. The number of carbonyl (C=O) groups excluding carboxylic acids is 1. The van der Waals surface area contributed by atoms with Crippen LogP contribution in [-0.4, -0.2) is 17.6 Å². The van der Waals surface area contributed by atoms with Crippen LogP contribution in [0.25, 0.3) is 6.08 Å². The van der Waals surface area contributed by atoms with Crippen LogP contribution < -0.4 is 10.1 Å². The molecule has 4 heteroatoms. The lowest BCUT2D eigenvalue weighted by atomic mass is 10.2. The van der Waals surface area contributed by atoms with E-state index in [-0.39, 0.29) is 12.5 Å². The fourth-order valence-corrected chi connectivity index (χ4v) is 1.95. The quantitative estimate of drug-likeness (QED) is 0.805. The number of amides is 1. The number of ether oxygens (including phenoxy) is 1. The van der Waals surface area contributed by atoms with E-state index in [1.807, 2.05) is 31.2 Å². The van der Waals surface area contributed by atoms with Gasteiger partial charge in [0.05, 0.1) is 13.2 Å². The number of rotatable bonds is 6. The molecule has 0 saturated carbocycles. The SMILES string of the molecule is CCOc1ccc(/C=C/C(=O)Nc2cccc(CO)c2)cc1. The van der Waals surface area contributed by atoms with Crippen LogP contribution in [0.2, 0.25) is 0 Å². The molecule has 0 spiro atoms. The van der Waals surface area contributed by atoms with Crippen molar-refractivity contribution in [2.24, 2.45) is 0 Å².